The van der Waals surface area contributed by atoms with Crippen LogP contribution >= 0.6 is 0 Å². The van der Waals surface area contributed by atoms with Gasteiger partial charge >= 0.3 is 26.2 Å². The summed E-state index contributed by atoms with van der Waals surface area (Å²) in [6, 6.07) is 19.0. The van der Waals surface area contributed by atoms with E-state index in [9.17, 15) is 0 Å². The molecule has 2 aliphatic rings. The summed E-state index contributed by atoms with van der Waals surface area (Å²) in [6.45, 7) is 2.25. The Balaban J connectivity index is 0.000000253. The van der Waals surface area contributed by atoms with Crippen LogP contribution in [0.4, 0.5) is 0 Å². The summed E-state index contributed by atoms with van der Waals surface area (Å²) >= 11 is 0. The van der Waals surface area contributed by atoms with E-state index in [2.05, 4.69) is 79.7 Å². The zero-order valence-corrected chi connectivity index (χ0v) is 15.2. The molecule has 0 saturated heterocycles. The van der Waals surface area contributed by atoms with Crippen molar-refractivity contribution in [2.24, 2.45) is 0 Å². The number of fused-ring (bicyclic) bond motifs is 1. The first-order chi connectivity index (χ1) is 10.4. The molecule has 0 amide bonds. The van der Waals surface area contributed by atoms with E-state index >= 15 is 0 Å². The van der Waals surface area contributed by atoms with Gasteiger partial charge in [-0.2, -0.15) is 6.08 Å². The molecule has 0 aliphatic heterocycles. The van der Waals surface area contributed by atoms with Crippen molar-refractivity contribution in [3.63, 3.8) is 0 Å². The van der Waals surface area contributed by atoms with Crippen molar-refractivity contribution in [1.29, 1.82) is 0 Å². The Morgan fingerprint density at radius 1 is 0.955 bits per heavy atom. The Kier molecular flexibility index (Phi) is 6.34. The quantitative estimate of drug-likeness (QED) is 0.601. The van der Waals surface area contributed by atoms with E-state index in [1.54, 1.807) is 0 Å². The minimum absolute atomic E-state index is 0. The first-order valence-electron chi connectivity index (χ1n) is 7.36. The van der Waals surface area contributed by atoms with Crippen LogP contribution in [0.25, 0.3) is 5.57 Å². The summed E-state index contributed by atoms with van der Waals surface area (Å²) < 4.78 is 0. The first-order valence-corrected chi connectivity index (χ1v) is 7.36. The average Bonchev–Trinajstić information content (AvgIpc) is 3.21. The van der Waals surface area contributed by atoms with E-state index in [4.69, 9.17) is 0 Å². The van der Waals surface area contributed by atoms with Crippen molar-refractivity contribution in [3.05, 3.63) is 102 Å². The van der Waals surface area contributed by atoms with Crippen LogP contribution in [0.15, 0.2) is 72.8 Å². The van der Waals surface area contributed by atoms with Crippen LogP contribution in [0.1, 0.15) is 36.0 Å². The molecule has 4 rings (SSSR count). The molecule has 0 spiro atoms. The largest absolute Gasteiger partial charge is 2.00 e. The monoisotopic (exact) mass is 360 g/mol. The molecule has 2 aromatic carbocycles. The van der Waals surface area contributed by atoms with Gasteiger partial charge in [0, 0.05) is 0 Å². The van der Waals surface area contributed by atoms with Crippen molar-refractivity contribution >= 4 is 5.57 Å². The predicted molar refractivity (Wildman–Crippen MR) is 88.6 cm³/mol. The Morgan fingerprint density at radius 2 is 1.68 bits per heavy atom. The Bertz CT molecular complexity index is 683. The summed E-state index contributed by atoms with van der Waals surface area (Å²) in [5.74, 6) is 0.457. The normalized spacial score (nSPS) is 17.1. The minimum Gasteiger partial charge on any atom is -0.273 e. The maximum Gasteiger partial charge on any atom is 2.00 e. The third kappa shape index (κ3) is 3.84. The van der Waals surface area contributed by atoms with Gasteiger partial charge in [-0.15, -0.1) is 47.4 Å². The first kappa shape index (κ1) is 16.9. The van der Waals surface area contributed by atoms with E-state index in [1.165, 1.54) is 22.3 Å². The number of benzene rings is 2. The molecule has 0 bridgehead atoms. The van der Waals surface area contributed by atoms with Gasteiger partial charge in [-0.3, -0.25) is 6.08 Å². The molecule has 0 saturated carbocycles. The number of hydrogen-bond donors (Lipinski definition) is 0. The number of rotatable bonds is 1. The van der Waals surface area contributed by atoms with Crippen LogP contribution in [-0.4, -0.2) is 0 Å². The fourth-order valence-corrected chi connectivity index (χ4v) is 2.68. The molecule has 0 fully saturated rings. The molecule has 2 aliphatic carbocycles. The van der Waals surface area contributed by atoms with Crippen LogP contribution in [0.2, 0.25) is 0 Å². The minimum atomic E-state index is 0. The molecule has 1 unspecified atom stereocenters. The molecule has 106 valence electrons. The van der Waals surface area contributed by atoms with E-state index in [1.807, 2.05) is 12.2 Å². The van der Waals surface area contributed by atoms with Crippen LogP contribution < -0.4 is 0 Å². The summed E-state index contributed by atoms with van der Waals surface area (Å²) in [4.78, 5) is 0. The van der Waals surface area contributed by atoms with Gasteiger partial charge in [0.2, 0.25) is 0 Å². The van der Waals surface area contributed by atoms with Gasteiger partial charge in [0.1, 0.15) is 0 Å². The fourth-order valence-electron chi connectivity index (χ4n) is 2.68. The van der Waals surface area contributed by atoms with Gasteiger partial charge in [-0.05, 0) is 5.92 Å². The Morgan fingerprint density at radius 3 is 2.27 bits per heavy atom. The molecule has 0 N–H and O–H groups in total. The Hall–Kier alpha value is -1.46. The van der Waals surface area contributed by atoms with Crippen LogP contribution in [0.3, 0.4) is 0 Å². The molecular weight excluding hydrogens is 343 g/mol. The molecule has 0 nitrogen and oxygen atoms in total. The maximum absolute atomic E-state index is 3.52. The fraction of sp³-hybridized carbons (Fsp3) is 0.143. The third-order valence-corrected chi connectivity index (χ3v) is 3.80. The second kappa shape index (κ2) is 8.25. The van der Waals surface area contributed by atoms with Gasteiger partial charge in [0.25, 0.3) is 0 Å². The van der Waals surface area contributed by atoms with Crippen molar-refractivity contribution in [3.8, 4) is 0 Å². The zero-order chi connectivity index (χ0) is 14.5. The second-order valence-electron chi connectivity index (χ2n) is 5.22. The van der Waals surface area contributed by atoms with Gasteiger partial charge in [-0.25, -0.2) is 12.2 Å². The van der Waals surface area contributed by atoms with Gasteiger partial charge in [0.15, 0.2) is 0 Å². The molecule has 0 aromatic heterocycles. The molecule has 22 heavy (non-hydrogen) atoms. The summed E-state index contributed by atoms with van der Waals surface area (Å²) in [5.41, 5.74) is 5.23. The van der Waals surface area contributed by atoms with Gasteiger partial charge in [-0.1, -0.05) is 48.9 Å². The van der Waals surface area contributed by atoms with Crippen molar-refractivity contribution in [2.45, 2.75) is 19.3 Å². The molecule has 0 heterocycles. The van der Waals surface area contributed by atoms with E-state index < -0.39 is 0 Å². The number of hydrogen-bond acceptors (Lipinski definition) is 0. The second-order valence-corrected chi connectivity index (χ2v) is 5.22. The van der Waals surface area contributed by atoms with Gasteiger partial charge in [0.05, 0.1) is 0 Å². The van der Waals surface area contributed by atoms with Crippen molar-refractivity contribution in [1.82, 2.24) is 0 Å². The summed E-state index contributed by atoms with van der Waals surface area (Å²) in [6.07, 6.45) is 13.5. The molecule has 1 heteroatoms. The number of allylic oxidation sites excluding steroid dienone is 5. The van der Waals surface area contributed by atoms with Crippen molar-refractivity contribution in [2.75, 3.05) is 0 Å². The third-order valence-electron chi connectivity index (χ3n) is 3.80. The van der Waals surface area contributed by atoms with Crippen molar-refractivity contribution < 1.29 is 26.2 Å². The summed E-state index contributed by atoms with van der Waals surface area (Å²) in [7, 11) is 0. The molecule has 1 atom stereocenters. The topological polar surface area (TPSA) is 0 Å². The molecule has 0 radical (unpaired) electrons. The smallest absolute Gasteiger partial charge is 0.273 e. The van der Waals surface area contributed by atoms with Crippen LogP contribution in [-0.2, 0) is 26.2 Å². The van der Waals surface area contributed by atoms with Crippen LogP contribution in [0, 0.1) is 12.2 Å². The van der Waals surface area contributed by atoms with Crippen LogP contribution in [0.5, 0.6) is 0 Å². The van der Waals surface area contributed by atoms with E-state index in [0.29, 0.717) is 5.92 Å². The maximum atomic E-state index is 3.52. The van der Waals surface area contributed by atoms with Gasteiger partial charge < -0.3 is 0 Å². The predicted octanol–water partition coefficient (Wildman–Crippen LogP) is 5.34. The average molecular weight is 362 g/mol. The molecule has 2 aromatic rings. The SMILES string of the molecule is CC1C(c2ccccc2)=[C-]c2ccccc21.[C-]1=CC=CC1.[Zr+2]. The standard InChI is InChI=1S/C16H13.C5H5.Zr/c1-12-15-10-6-5-9-14(15)11-16(12)13-7-3-2-4-8-13;1-2-4-5-3-1;/h2-10,12H,1H3;1-3H,4H2;/q2*-1;+2. The summed E-state index contributed by atoms with van der Waals surface area (Å²) in [5, 5.41) is 0. The van der Waals surface area contributed by atoms with E-state index in [0.717, 1.165) is 6.42 Å². The Labute approximate surface area is 152 Å². The molecular formula is C21H18Zr. The van der Waals surface area contributed by atoms with E-state index in [-0.39, 0.29) is 26.2 Å². The zero-order valence-electron chi connectivity index (χ0n) is 12.7.